The van der Waals surface area contributed by atoms with E-state index < -0.39 is 6.04 Å². The molecule has 17 heavy (non-hydrogen) atoms. The summed E-state index contributed by atoms with van der Waals surface area (Å²) < 4.78 is 0. The number of piperidine rings is 1. The van der Waals surface area contributed by atoms with Crippen LogP contribution < -0.4 is 5.73 Å². The number of hydrogen-bond acceptors (Lipinski definition) is 3. The van der Waals surface area contributed by atoms with Gasteiger partial charge in [-0.1, -0.05) is 0 Å². The molecule has 2 fully saturated rings. The number of aryl methyl sites for hydroxylation is 1. The molecule has 3 rings (SSSR count). The first-order valence-electron chi connectivity index (χ1n) is 5.76. The van der Waals surface area contributed by atoms with Crippen LogP contribution in [0.3, 0.4) is 0 Å². The third-order valence-corrected chi connectivity index (χ3v) is 4.61. The van der Waals surface area contributed by atoms with E-state index in [1.165, 1.54) is 11.3 Å². The summed E-state index contributed by atoms with van der Waals surface area (Å²) in [5.74, 6) is 0.0910. The lowest BCUT2D eigenvalue weighted by atomic mass is 10.1. The van der Waals surface area contributed by atoms with Gasteiger partial charge in [-0.2, -0.15) is 0 Å². The third-order valence-electron chi connectivity index (χ3n) is 3.62. The fourth-order valence-electron chi connectivity index (χ4n) is 2.68. The summed E-state index contributed by atoms with van der Waals surface area (Å²) in [5.41, 5.74) is 5.36. The van der Waals surface area contributed by atoms with Gasteiger partial charge in [0.15, 0.2) is 0 Å². The topological polar surface area (TPSA) is 63.4 Å². The molecule has 1 aliphatic carbocycles. The maximum Gasteiger partial charge on any atom is 0.264 e. The number of nitrogens with two attached hydrogens (primary N) is 1. The number of primary amides is 1. The van der Waals surface area contributed by atoms with E-state index >= 15 is 0 Å². The molecule has 2 aliphatic rings. The van der Waals surface area contributed by atoms with Crippen LogP contribution >= 0.6 is 11.3 Å². The van der Waals surface area contributed by atoms with Crippen molar-refractivity contribution in [2.75, 3.05) is 0 Å². The highest BCUT2D eigenvalue weighted by Gasteiger charge is 2.55. The first-order valence-corrected chi connectivity index (χ1v) is 6.58. The SMILES string of the molecule is Cc1ccc(C(=O)N2C(C(N)=O)CC3CC32)s1. The molecule has 0 bridgehead atoms. The second kappa shape index (κ2) is 3.57. The monoisotopic (exact) mass is 250 g/mol. The predicted octanol–water partition coefficient (Wildman–Crippen LogP) is 1.14. The van der Waals surface area contributed by atoms with Gasteiger partial charge in [0.25, 0.3) is 5.91 Å². The molecule has 1 saturated carbocycles. The normalized spacial score (nSPS) is 30.2. The zero-order valence-electron chi connectivity index (χ0n) is 9.55. The van der Waals surface area contributed by atoms with Crippen molar-refractivity contribution >= 4 is 23.2 Å². The smallest absolute Gasteiger partial charge is 0.264 e. The zero-order valence-corrected chi connectivity index (χ0v) is 10.4. The van der Waals surface area contributed by atoms with Crippen molar-refractivity contribution in [1.29, 1.82) is 0 Å². The van der Waals surface area contributed by atoms with Gasteiger partial charge in [0.1, 0.15) is 6.04 Å². The van der Waals surface area contributed by atoms with Crippen LogP contribution in [0.15, 0.2) is 12.1 Å². The highest BCUT2D eigenvalue weighted by Crippen LogP contribution is 2.48. The van der Waals surface area contributed by atoms with Crippen LogP contribution in [0.5, 0.6) is 0 Å². The van der Waals surface area contributed by atoms with Gasteiger partial charge in [-0.25, -0.2) is 0 Å². The Kier molecular flexibility index (Phi) is 2.26. The number of likely N-dealkylation sites (tertiary alicyclic amines) is 1. The van der Waals surface area contributed by atoms with Crippen LogP contribution in [0.4, 0.5) is 0 Å². The number of carbonyl (C=O) groups excluding carboxylic acids is 2. The molecular formula is C12H14N2O2S. The first-order chi connectivity index (χ1) is 8.08. The van der Waals surface area contributed by atoms with Gasteiger partial charge in [0.05, 0.1) is 4.88 Å². The summed E-state index contributed by atoms with van der Waals surface area (Å²) in [7, 11) is 0. The number of nitrogens with zero attached hydrogens (tertiary/aromatic N) is 1. The minimum absolute atomic E-state index is 0.0306. The van der Waals surface area contributed by atoms with Gasteiger partial charge in [0.2, 0.25) is 5.91 Å². The van der Waals surface area contributed by atoms with Crippen LogP contribution in [0.25, 0.3) is 0 Å². The van der Waals surface area contributed by atoms with E-state index in [-0.39, 0.29) is 17.9 Å². The number of fused-ring (bicyclic) bond motifs is 1. The maximum absolute atomic E-state index is 12.3. The predicted molar refractivity (Wildman–Crippen MR) is 64.7 cm³/mol. The zero-order chi connectivity index (χ0) is 12.2. The van der Waals surface area contributed by atoms with Crippen molar-refractivity contribution in [3.63, 3.8) is 0 Å². The molecule has 4 nitrogen and oxygen atoms in total. The third kappa shape index (κ3) is 1.65. The molecule has 1 aromatic rings. The van der Waals surface area contributed by atoms with Crippen molar-refractivity contribution in [3.8, 4) is 0 Å². The van der Waals surface area contributed by atoms with E-state index in [1.54, 1.807) is 4.90 Å². The average Bonchev–Trinajstić information content (AvgIpc) is 2.73. The van der Waals surface area contributed by atoms with Crippen molar-refractivity contribution in [3.05, 3.63) is 21.9 Å². The summed E-state index contributed by atoms with van der Waals surface area (Å²) in [5, 5.41) is 0. The molecule has 90 valence electrons. The number of amides is 2. The number of hydrogen-bond donors (Lipinski definition) is 1. The highest BCUT2D eigenvalue weighted by molar-refractivity contribution is 7.13. The first kappa shape index (κ1) is 10.8. The molecule has 3 atom stereocenters. The highest BCUT2D eigenvalue weighted by atomic mass is 32.1. The second-order valence-corrected chi connectivity index (χ2v) is 6.13. The maximum atomic E-state index is 12.3. The molecule has 0 radical (unpaired) electrons. The fraction of sp³-hybridized carbons (Fsp3) is 0.500. The lowest BCUT2D eigenvalue weighted by Crippen LogP contribution is -2.45. The van der Waals surface area contributed by atoms with Crippen LogP contribution in [0, 0.1) is 12.8 Å². The molecule has 2 N–H and O–H groups in total. The van der Waals surface area contributed by atoms with E-state index in [0.717, 1.165) is 17.7 Å². The Bertz CT molecular complexity index is 496. The van der Waals surface area contributed by atoms with Crippen molar-refractivity contribution < 1.29 is 9.59 Å². The largest absolute Gasteiger partial charge is 0.368 e. The number of thiophene rings is 1. The van der Waals surface area contributed by atoms with E-state index in [4.69, 9.17) is 5.73 Å². The Labute approximate surface area is 103 Å². The average molecular weight is 250 g/mol. The number of rotatable bonds is 2. The van der Waals surface area contributed by atoms with Gasteiger partial charge in [-0.15, -0.1) is 11.3 Å². The Balaban J connectivity index is 1.87. The van der Waals surface area contributed by atoms with Gasteiger partial charge in [-0.05, 0) is 37.8 Å². The standard InChI is InChI=1S/C12H14N2O2S/c1-6-2-3-10(17-6)12(16)14-8-4-7(8)5-9(14)11(13)15/h2-3,7-9H,4-5H2,1H3,(H2,13,15). The Morgan fingerprint density at radius 3 is 2.76 bits per heavy atom. The Morgan fingerprint density at radius 1 is 1.41 bits per heavy atom. The van der Waals surface area contributed by atoms with Crippen LogP contribution in [-0.4, -0.2) is 28.8 Å². The van der Waals surface area contributed by atoms with E-state index in [1.807, 2.05) is 19.1 Å². The molecule has 5 heteroatoms. The second-order valence-electron chi connectivity index (χ2n) is 4.84. The quantitative estimate of drug-likeness (QED) is 0.855. The van der Waals surface area contributed by atoms with Crippen LogP contribution in [0.1, 0.15) is 27.4 Å². The van der Waals surface area contributed by atoms with Crippen LogP contribution in [0.2, 0.25) is 0 Å². The Morgan fingerprint density at radius 2 is 2.18 bits per heavy atom. The van der Waals surface area contributed by atoms with E-state index in [0.29, 0.717) is 10.8 Å². The Hall–Kier alpha value is -1.36. The van der Waals surface area contributed by atoms with Crippen molar-refractivity contribution in [2.45, 2.75) is 31.8 Å². The molecule has 1 aromatic heterocycles. The molecule has 3 unspecified atom stereocenters. The lowest BCUT2D eigenvalue weighted by Gasteiger charge is -2.24. The minimum atomic E-state index is -0.395. The summed E-state index contributed by atoms with van der Waals surface area (Å²) >= 11 is 1.47. The molecule has 0 aromatic carbocycles. The van der Waals surface area contributed by atoms with Gasteiger partial charge < -0.3 is 10.6 Å². The summed E-state index contributed by atoms with van der Waals surface area (Å²) in [6, 6.07) is 3.62. The molecule has 2 amide bonds. The van der Waals surface area contributed by atoms with Gasteiger partial charge in [0, 0.05) is 10.9 Å². The molecule has 1 saturated heterocycles. The van der Waals surface area contributed by atoms with E-state index in [2.05, 4.69) is 0 Å². The lowest BCUT2D eigenvalue weighted by molar-refractivity contribution is -0.122. The molecule has 2 heterocycles. The van der Waals surface area contributed by atoms with Crippen molar-refractivity contribution in [1.82, 2.24) is 4.90 Å². The summed E-state index contributed by atoms with van der Waals surface area (Å²) in [6.07, 6.45) is 1.77. The molecule has 0 spiro atoms. The fourth-order valence-corrected chi connectivity index (χ4v) is 3.49. The summed E-state index contributed by atoms with van der Waals surface area (Å²) in [4.78, 5) is 27.2. The van der Waals surface area contributed by atoms with Crippen LogP contribution in [-0.2, 0) is 4.79 Å². The van der Waals surface area contributed by atoms with Gasteiger partial charge in [-0.3, -0.25) is 9.59 Å². The van der Waals surface area contributed by atoms with Crippen molar-refractivity contribution in [2.24, 2.45) is 11.7 Å². The molecule has 1 aliphatic heterocycles. The minimum Gasteiger partial charge on any atom is -0.368 e. The van der Waals surface area contributed by atoms with E-state index in [9.17, 15) is 9.59 Å². The van der Waals surface area contributed by atoms with Gasteiger partial charge >= 0.3 is 0 Å². The summed E-state index contributed by atoms with van der Waals surface area (Å²) in [6.45, 7) is 1.97. The number of carbonyl (C=O) groups is 2. The molecular weight excluding hydrogens is 236 g/mol.